The molecule has 5 heteroatoms. The van der Waals surface area contributed by atoms with Gasteiger partial charge in [0.25, 0.3) is 0 Å². The summed E-state index contributed by atoms with van der Waals surface area (Å²) in [6, 6.07) is 5.68. The Balaban J connectivity index is 2.60. The summed E-state index contributed by atoms with van der Waals surface area (Å²) < 4.78 is 8.21. The average Bonchev–Trinajstić information content (AvgIpc) is 2.63. The minimum Gasteiger partial charge on any atom is -0.384 e. The van der Waals surface area contributed by atoms with Crippen LogP contribution >= 0.6 is 11.7 Å². The van der Waals surface area contributed by atoms with Crippen LogP contribution in [-0.2, 0) is 0 Å². The van der Waals surface area contributed by atoms with Gasteiger partial charge in [-0.3, -0.25) is 4.99 Å². The third-order valence-corrected chi connectivity index (χ3v) is 2.35. The molecule has 0 saturated heterocycles. The third-order valence-electron chi connectivity index (χ3n) is 1.79. The van der Waals surface area contributed by atoms with Gasteiger partial charge in [-0.15, -0.1) is 0 Å². The Bertz CT molecular complexity index is 460. The lowest BCUT2D eigenvalue weighted by molar-refractivity contribution is 1.39. The zero-order chi connectivity index (χ0) is 9.26. The molecule has 0 amide bonds. The first kappa shape index (κ1) is 8.12. The third kappa shape index (κ3) is 1.38. The van der Waals surface area contributed by atoms with Gasteiger partial charge in [-0.2, -0.15) is 8.75 Å². The molecular weight excluding hydrogens is 184 g/mol. The van der Waals surface area contributed by atoms with Gasteiger partial charge in [0.2, 0.25) is 0 Å². The van der Waals surface area contributed by atoms with Crippen molar-refractivity contribution < 1.29 is 0 Å². The molecule has 2 rings (SSSR count). The summed E-state index contributed by atoms with van der Waals surface area (Å²) in [7, 11) is 1.67. The van der Waals surface area contributed by atoms with E-state index in [2.05, 4.69) is 13.7 Å². The Labute approximate surface area is 79.4 Å². The Morgan fingerprint density at radius 1 is 1.38 bits per heavy atom. The van der Waals surface area contributed by atoms with Crippen molar-refractivity contribution in [2.75, 3.05) is 7.05 Å². The summed E-state index contributed by atoms with van der Waals surface area (Å²) in [5.74, 6) is 0.523. The summed E-state index contributed by atoms with van der Waals surface area (Å²) in [6.07, 6.45) is 0. The minimum absolute atomic E-state index is 0.523. The fraction of sp³-hybridized carbons (Fsp3) is 0.125. The van der Waals surface area contributed by atoms with E-state index in [0.717, 1.165) is 16.6 Å². The molecule has 2 aromatic rings. The number of aliphatic imine (C=N–C) groups is 1. The second-order valence-electron chi connectivity index (χ2n) is 2.58. The number of hydrogen-bond donors (Lipinski definition) is 1. The standard InChI is InChI=1S/C8H8N4S/c1-10-8(9)5-2-3-6-7(4-5)12-13-11-6/h2-4H,1H3,(H2,9,10). The van der Waals surface area contributed by atoms with Gasteiger partial charge in [0.05, 0.1) is 11.7 Å². The van der Waals surface area contributed by atoms with Crippen LogP contribution in [0.15, 0.2) is 23.2 Å². The van der Waals surface area contributed by atoms with E-state index in [-0.39, 0.29) is 0 Å². The number of nitrogens with zero attached hydrogens (tertiary/aromatic N) is 3. The molecule has 0 atom stereocenters. The first-order chi connectivity index (χ1) is 6.31. The van der Waals surface area contributed by atoms with Crippen LogP contribution < -0.4 is 5.73 Å². The van der Waals surface area contributed by atoms with E-state index in [9.17, 15) is 0 Å². The smallest absolute Gasteiger partial charge is 0.125 e. The first-order valence-electron chi connectivity index (χ1n) is 3.76. The number of rotatable bonds is 1. The largest absolute Gasteiger partial charge is 0.384 e. The first-order valence-corrected chi connectivity index (χ1v) is 4.49. The van der Waals surface area contributed by atoms with Crippen LogP contribution in [-0.4, -0.2) is 21.6 Å². The SMILES string of the molecule is CN=C(N)c1ccc2nsnc2c1. The number of hydrogen-bond acceptors (Lipinski definition) is 4. The number of benzene rings is 1. The normalized spacial score (nSPS) is 12.2. The van der Waals surface area contributed by atoms with Crippen molar-refractivity contribution in [1.82, 2.24) is 8.75 Å². The van der Waals surface area contributed by atoms with Crippen molar-refractivity contribution in [1.29, 1.82) is 0 Å². The topological polar surface area (TPSA) is 64.2 Å². The molecular formula is C8H8N4S. The van der Waals surface area contributed by atoms with Crippen LogP contribution in [0.25, 0.3) is 11.0 Å². The van der Waals surface area contributed by atoms with Crippen molar-refractivity contribution in [3.63, 3.8) is 0 Å². The van der Waals surface area contributed by atoms with Crippen LogP contribution in [0.2, 0.25) is 0 Å². The van der Waals surface area contributed by atoms with Crippen LogP contribution in [0.4, 0.5) is 0 Å². The van der Waals surface area contributed by atoms with Crippen molar-refractivity contribution in [2.24, 2.45) is 10.7 Å². The van der Waals surface area contributed by atoms with Gasteiger partial charge in [-0.1, -0.05) is 0 Å². The van der Waals surface area contributed by atoms with E-state index >= 15 is 0 Å². The molecule has 0 saturated carbocycles. The van der Waals surface area contributed by atoms with Gasteiger partial charge in [-0.05, 0) is 18.2 Å². The van der Waals surface area contributed by atoms with Crippen LogP contribution in [0.3, 0.4) is 0 Å². The molecule has 1 aromatic carbocycles. The predicted octanol–water partition coefficient (Wildman–Crippen LogP) is 1.03. The molecule has 0 spiro atoms. The van der Waals surface area contributed by atoms with Crippen LogP contribution in [0, 0.1) is 0 Å². The van der Waals surface area contributed by atoms with Gasteiger partial charge in [0.15, 0.2) is 0 Å². The maximum Gasteiger partial charge on any atom is 0.125 e. The van der Waals surface area contributed by atoms with Gasteiger partial charge >= 0.3 is 0 Å². The Hall–Kier alpha value is -1.49. The molecule has 0 aliphatic carbocycles. The fourth-order valence-corrected chi connectivity index (χ4v) is 1.59. The molecule has 0 aliphatic rings. The highest BCUT2D eigenvalue weighted by atomic mass is 32.1. The van der Waals surface area contributed by atoms with Gasteiger partial charge in [0, 0.05) is 12.6 Å². The minimum atomic E-state index is 0.523. The molecule has 1 aromatic heterocycles. The molecule has 0 aliphatic heterocycles. The molecule has 0 bridgehead atoms. The molecule has 2 N–H and O–H groups in total. The lowest BCUT2D eigenvalue weighted by atomic mass is 10.2. The molecule has 0 radical (unpaired) electrons. The monoisotopic (exact) mass is 192 g/mol. The van der Waals surface area contributed by atoms with Gasteiger partial charge in [0.1, 0.15) is 16.9 Å². The highest BCUT2D eigenvalue weighted by Crippen LogP contribution is 2.12. The van der Waals surface area contributed by atoms with Crippen LogP contribution in [0.1, 0.15) is 5.56 Å². The molecule has 1 heterocycles. The van der Waals surface area contributed by atoms with E-state index in [0.29, 0.717) is 5.84 Å². The molecule has 13 heavy (non-hydrogen) atoms. The zero-order valence-electron chi connectivity index (χ0n) is 7.06. The number of aromatic nitrogens is 2. The van der Waals surface area contributed by atoms with E-state index in [1.165, 1.54) is 11.7 Å². The lowest BCUT2D eigenvalue weighted by Gasteiger charge is -1.97. The number of amidine groups is 1. The lowest BCUT2D eigenvalue weighted by Crippen LogP contribution is -2.12. The highest BCUT2D eigenvalue weighted by molar-refractivity contribution is 7.00. The molecule has 0 fully saturated rings. The number of fused-ring (bicyclic) bond motifs is 1. The molecule has 66 valence electrons. The van der Waals surface area contributed by atoms with Crippen molar-refractivity contribution in [3.8, 4) is 0 Å². The summed E-state index contributed by atoms with van der Waals surface area (Å²) >= 11 is 1.20. The fourth-order valence-electron chi connectivity index (χ4n) is 1.07. The second-order valence-corrected chi connectivity index (χ2v) is 3.11. The van der Waals surface area contributed by atoms with Gasteiger partial charge in [-0.25, -0.2) is 0 Å². The van der Waals surface area contributed by atoms with Crippen LogP contribution in [0.5, 0.6) is 0 Å². The summed E-state index contributed by atoms with van der Waals surface area (Å²) in [6.45, 7) is 0. The van der Waals surface area contributed by atoms with E-state index in [1.807, 2.05) is 18.2 Å². The van der Waals surface area contributed by atoms with E-state index in [4.69, 9.17) is 5.73 Å². The maximum absolute atomic E-state index is 5.66. The summed E-state index contributed by atoms with van der Waals surface area (Å²) in [4.78, 5) is 3.90. The Morgan fingerprint density at radius 3 is 2.92 bits per heavy atom. The van der Waals surface area contributed by atoms with Gasteiger partial charge < -0.3 is 5.73 Å². The second kappa shape index (κ2) is 3.10. The van der Waals surface area contributed by atoms with Crippen molar-refractivity contribution in [2.45, 2.75) is 0 Å². The Kier molecular flexibility index (Phi) is 1.94. The number of nitrogens with two attached hydrogens (primary N) is 1. The van der Waals surface area contributed by atoms with E-state index in [1.54, 1.807) is 7.05 Å². The zero-order valence-corrected chi connectivity index (χ0v) is 7.88. The quantitative estimate of drug-likeness (QED) is 0.542. The van der Waals surface area contributed by atoms with Crippen molar-refractivity contribution in [3.05, 3.63) is 23.8 Å². The van der Waals surface area contributed by atoms with Crippen molar-refractivity contribution >= 4 is 28.6 Å². The average molecular weight is 192 g/mol. The summed E-state index contributed by atoms with van der Waals surface area (Å²) in [5, 5.41) is 0. The highest BCUT2D eigenvalue weighted by Gasteiger charge is 2.01. The summed E-state index contributed by atoms with van der Waals surface area (Å²) in [5.41, 5.74) is 8.32. The maximum atomic E-state index is 5.66. The molecule has 4 nitrogen and oxygen atoms in total. The predicted molar refractivity (Wildman–Crippen MR) is 54.1 cm³/mol. The Morgan fingerprint density at radius 2 is 2.15 bits per heavy atom. The van der Waals surface area contributed by atoms with E-state index < -0.39 is 0 Å². The molecule has 0 unspecified atom stereocenters.